The second-order valence-electron chi connectivity index (χ2n) is 3.66. The molecule has 5 nitrogen and oxygen atoms in total. The Morgan fingerprint density at radius 2 is 2.25 bits per heavy atom. The molecule has 0 saturated heterocycles. The van der Waals surface area contributed by atoms with Crippen LogP contribution in [0.25, 0.3) is 0 Å². The first-order valence-corrected chi connectivity index (χ1v) is 7.56. The summed E-state index contributed by atoms with van der Waals surface area (Å²) in [6.07, 6.45) is 1.68. The van der Waals surface area contributed by atoms with E-state index in [-0.39, 0.29) is 11.7 Å². The number of nitrogens with one attached hydrogen (secondary N) is 1. The van der Waals surface area contributed by atoms with Crippen LogP contribution < -0.4 is 5.32 Å². The molecule has 20 heavy (non-hydrogen) atoms. The van der Waals surface area contributed by atoms with Crippen molar-refractivity contribution < 1.29 is 14.3 Å². The molecular formula is C13H12N2O3S2. The minimum atomic E-state index is -0.459. The summed E-state index contributed by atoms with van der Waals surface area (Å²) in [6.45, 7) is 0. The normalized spacial score (nSPS) is 10.1. The molecule has 0 aliphatic rings. The summed E-state index contributed by atoms with van der Waals surface area (Å²) in [5.74, 6) is -0.414. The maximum absolute atomic E-state index is 11.8. The third-order valence-electron chi connectivity index (χ3n) is 2.31. The zero-order valence-corrected chi connectivity index (χ0v) is 12.3. The van der Waals surface area contributed by atoms with E-state index in [4.69, 9.17) is 0 Å². The number of ether oxygens (including phenoxy) is 1. The molecule has 2 rings (SSSR count). The third-order valence-corrected chi connectivity index (χ3v) is 4.09. The molecule has 0 aromatic carbocycles. The van der Waals surface area contributed by atoms with Gasteiger partial charge in [-0.1, -0.05) is 17.8 Å². The largest absolute Gasteiger partial charge is 0.465 e. The van der Waals surface area contributed by atoms with Crippen LogP contribution in [0.3, 0.4) is 0 Å². The molecule has 2 heterocycles. The second kappa shape index (κ2) is 7.06. The predicted molar refractivity (Wildman–Crippen MR) is 79.2 cm³/mol. The number of carbonyl (C=O) groups is 2. The van der Waals surface area contributed by atoms with Gasteiger partial charge in [-0.25, -0.2) is 9.78 Å². The number of hydrogen-bond donors (Lipinski definition) is 1. The molecule has 0 aliphatic heterocycles. The Labute approximate surface area is 124 Å². The van der Waals surface area contributed by atoms with Crippen molar-refractivity contribution in [1.29, 1.82) is 0 Å². The smallest absolute Gasteiger partial charge is 0.340 e. The molecule has 7 heteroatoms. The number of amides is 1. The van der Waals surface area contributed by atoms with Crippen LogP contribution in [-0.4, -0.2) is 29.7 Å². The van der Waals surface area contributed by atoms with Crippen molar-refractivity contribution in [3.8, 4) is 0 Å². The van der Waals surface area contributed by atoms with Crippen LogP contribution in [0.1, 0.15) is 10.4 Å². The summed E-state index contributed by atoms with van der Waals surface area (Å²) < 4.78 is 4.65. The summed E-state index contributed by atoms with van der Waals surface area (Å²) in [4.78, 5) is 27.4. The summed E-state index contributed by atoms with van der Waals surface area (Å²) in [5.41, 5.74) is 0.369. The van der Waals surface area contributed by atoms with Gasteiger partial charge < -0.3 is 10.1 Å². The van der Waals surface area contributed by atoms with E-state index in [1.807, 2.05) is 18.2 Å². The average molecular weight is 308 g/mol. The summed E-state index contributed by atoms with van der Waals surface area (Å²) in [6, 6.07) is 7.14. The Balaban J connectivity index is 1.92. The minimum absolute atomic E-state index is 0.187. The van der Waals surface area contributed by atoms with Crippen molar-refractivity contribution in [3.05, 3.63) is 41.4 Å². The molecule has 0 fully saturated rings. The van der Waals surface area contributed by atoms with Gasteiger partial charge in [0, 0.05) is 6.20 Å². The maximum atomic E-state index is 11.8. The Morgan fingerprint density at radius 3 is 2.95 bits per heavy atom. The summed E-state index contributed by atoms with van der Waals surface area (Å²) >= 11 is 2.62. The van der Waals surface area contributed by atoms with Crippen molar-refractivity contribution in [2.45, 2.75) is 5.03 Å². The first-order chi connectivity index (χ1) is 9.70. The first-order valence-electron chi connectivity index (χ1n) is 5.70. The molecule has 0 atom stereocenters. The molecule has 0 unspecified atom stereocenters. The Hall–Kier alpha value is -1.86. The number of methoxy groups -OCH3 is 1. The Kier molecular flexibility index (Phi) is 5.14. The molecule has 104 valence electrons. The van der Waals surface area contributed by atoms with Gasteiger partial charge >= 0.3 is 5.97 Å². The summed E-state index contributed by atoms with van der Waals surface area (Å²) in [7, 11) is 1.31. The lowest BCUT2D eigenvalue weighted by molar-refractivity contribution is -0.113. The van der Waals surface area contributed by atoms with Gasteiger partial charge in [0.1, 0.15) is 5.00 Å². The van der Waals surface area contributed by atoms with Gasteiger partial charge in [0.25, 0.3) is 0 Å². The molecule has 0 bridgehead atoms. The van der Waals surface area contributed by atoms with Crippen molar-refractivity contribution in [1.82, 2.24) is 4.98 Å². The van der Waals surface area contributed by atoms with Crippen LogP contribution in [0.15, 0.2) is 40.9 Å². The van der Waals surface area contributed by atoms with Gasteiger partial charge in [0.15, 0.2) is 0 Å². The highest BCUT2D eigenvalue weighted by Crippen LogP contribution is 2.24. The van der Waals surface area contributed by atoms with Crippen LogP contribution >= 0.6 is 23.1 Å². The van der Waals surface area contributed by atoms with Crippen LogP contribution in [0.5, 0.6) is 0 Å². The van der Waals surface area contributed by atoms with Crippen molar-refractivity contribution in [2.75, 3.05) is 18.2 Å². The highest BCUT2D eigenvalue weighted by molar-refractivity contribution is 7.99. The van der Waals surface area contributed by atoms with E-state index in [0.29, 0.717) is 10.6 Å². The zero-order valence-electron chi connectivity index (χ0n) is 10.7. The van der Waals surface area contributed by atoms with E-state index in [0.717, 1.165) is 5.03 Å². The molecule has 2 aromatic heterocycles. The molecule has 0 aliphatic carbocycles. The average Bonchev–Trinajstić information content (AvgIpc) is 2.93. The number of carbonyl (C=O) groups excluding carboxylic acids is 2. The van der Waals surface area contributed by atoms with E-state index in [1.54, 1.807) is 17.6 Å². The minimum Gasteiger partial charge on any atom is -0.465 e. The number of anilines is 1. The van der Waals surface area contributed by atoms with E-state index in [2.05, 4.69) is 15.0 Å². The van der Waals surface area contributed by atoms with Gasteiger partial charge in [-0.3, -0.25) is 4.79 Å². The quantitative estimate of drug-likeness (QED) is 0.679. The first kappa shape index (κ1) is 14.5. The molecule has 1 amide bonds. The zero-order chi connectivity index (χ0) is 14.4. The van der Waals surface area contributed by atoms with Gasteiger partial charge in [0.2, 0.25) is 5.91 Å². The van der Waals surface area contributed by atoms with Gasteiger partial charge in [0.05, 0.1) is 23.5 Å². The molecule has 1 N–H and O–H groups in total. The number of aromatic nitrogens is 1. The topological polar surface area (TPSA) is 68.3 Å². The number of nitrogens with zero attached hydrogens (tertiary/aromatic N) is 1. The van der Waals surface area contributed by atoms with Crippen LogP contribution in [0, 0.1) is 0 Å². The molecular weight excluding hydrogens is 296 g/mol. The fourth-order valence-electron chi connectivity index (χ4n) is 1.41. The predicted octanol–water partition coefficient (Wildman–Crippen LogP) is 2.66. The highest BCUT2D eigenvalue weighted by atomic mass is 32.2. The molecule has 2 aromatic rings. The van der Waals surface area contributed by atoms with E-state index >= 15 is 0 Å². The van der Waals surface area contributed by atoms with Crippen LogP contribution in [0.2, 0.25) is 0 Å². The number of thiophene rings is 1. The molecule has 0 radical (unpaired) electrons. The Morgan fingerprint density at radius 1 is 1.40 bits per heavy atom. The maximum Gasteiger partial charge on any atom is 0.340 e. The van der Waals surface area contributed by atoms with Gasteiger partial charge in [-0.05, 0) is 23.6 Å². The number of thioether (sulfide) groups is 1. The fraction of sp³-hybridized carbons (Fsp3) is 0.154. The van der Waals surface area contributed by atoms with Crippen molar-refractivity contribution in [2.24, 2.45) is 0 Å². The second-order valence-corrected chi connectivity index (χ2v) is 5.57. The lowest BCUT2D eigenvalue weighted by atomic mass is 10.3. The Bertz CT molecular complexity index is 599. The van der Waals surface area contributed by atoms with Crippen LogP contribution in [-0.2, 0) is 9.53 Å². The lowest BCUT2D eigenvalue weighted by Gasteiger charge is -2.05. The van der Waals surface area contributed by atoms with E-state index < -0.39 is 5.97 Å². The number of pyridine rings is 1. The van der Waals surface area contributed by atoms with Crippen molar-refractivity contribution >= 4 is 40.0 Å². The molecule has 0 spiro atoms. The number of hydrogen-bond acceptors (Lipinski definition) is 6. The summed E-state index contributed by atoms with van der Waals surface area (Å²) in [5, 5.41) is 5.72. The number of esters is 1. The van der Waals surface area contributed by atoms with Gasteiger partial charge in [-0.2, -0.15) is 0 Å². The third kappa shape index (κ3) is 3.82. The number of rotatable bonds is 5. The van der Waals surface area contributed by atoms with Gasteiger partial charge in [-0.15, -0.1) is 11.3 Å². The SMILES string of the molecule is COC(=O)c1ccsc1NC(=O)CSc1ccccn1. The van der Waals surface area contributed by atoms with E-state index in [9.17, 15) is 9.59 Å². The fourth-order valence-corrected chi connectivity index (χ4v) is 2.86. The monoisotopic (exact) mass is 308 g/mol. The highest BCUT2D eigenvalue weighted by Gasteiger charge is 2.15. The molecule has 0 saturated carbocycles. The lowest BCUT2D eigenvalue weighted by Crippen LogP contribution is -2.15. The van der Waals surface area contributed by atoms with Crippen LogP contribution in [0.4, 0.5) is 5.00 Å². The van der Waals surface area contributed by atoms with Crippen molar-refractivity contribution in [3.63, 3.8) is 0 Å². The van der Waals surface area contributed by atoms with E-state index in [1.165, 1.54) is 30.2 Å². The standard InChI is InChI=1S/C13H12N2O3S2/c1-18-13(17)9-5-7-19-12(9)15-10(16)8-20-11-4-2-3-6-14-11/h2-7H,8H2,1H3,(H,15,16).